The molecule has 1 aromatic rings. The Balaban J connectivity index is 1.72. The summed E-state index contributed by atoms with van der Waals surface area (Å²) in [5.41, 5.74) is 0. The van der Waals surface area contributed by atoms with Gasteiger partial charge in [0.2, 0.25) is 11.8 Å². The molecule has 1 aliphatic heterocycles. The molecule has 0 radical (unpaired) electrons. The Morgan fingerprint density at radius 2 is 2.21 bits per heavy atom. The van der Waals surface area contributed by atoms with Crippen LogP contribution in [0.4, 0.5) is 5.82 Å². The number of nitrogens with zero attached hydrogens (tertiary/aromatic N) is 1. The SMILES string of the molecule is Cc1cc(NC(=O)CNC(=O)C2CCNCC2)no1. The summed E-state index contributed by atoms with van der Waals surface area (Å²) < 4.78 is 4.83. The van der Waals surface area contributed by atoms with Crippen molar-refractivity contribution in [3.63, 3.8) is 0 Å². The maximum atomic E-state index is 11.8. The first-order valence-electron chi connectivity index (χ1n) is 6.37. The molecule has 7 nitrogen and oxygen atoms in total. The van der Waals surface area contributed by atoms with Crippen molar-refractivity contribution in [2.45, 2.75) is 19.8 Å². The summed E-state index contributed by atoms with van der Waals surface area (Å²) in [7, 11) is 0. The molecule has 2 heterocycles. The number of anilines is 1. The van der Waals surface area contributed by atoms with Gasteiger partial charge in [0.05, 0.1) is 6.54 Å². The van der Waals surface area contributed by atoms with Crippen molar-refractivity contribution in [1.82, 2.24) is 15.8 Å². The second kappa shape index (κ2) is 6.33. The molecule has 0 atom stereocenters. The van der Waals surface area contributed by atoms with Crippen LogP contribution < -0.4 is 16.0 Å². The molecule has 1 aromatic heterocycles. The van der Waals surface area contributed by atoms with Gasteiger partial charge in [-0.1, -0.05) is 5.16 Å². The van der Waals surface area contributed by atoms with Crippen molar-refractivity contribution in [3.8, 4) is 0 Å². The summed E-state index contributed by atoms with van der Waals surface area (Å²) in [6.45, 7) is 3.39. The van der Waals surface area contributed by atoms with Gasteiger partial charge in [0.25, 0.3) is 0 Å². The fourth-order valence-electron chi connectivity index (χ4n) is 2.01. The van der Waals surface area contributed by atoms with Gasteiger partial charge in [-0.15, -0.1) is 0 Å². The smallest absolute Gasteiger partial charge is 0.245 e. The van der Waals surface area contributed by atoms with Crippen LogP contribution in [0.5, 0.6) is 0 Å². The molecule has 1 saturated heterocycles. The lowest BCUT2D eigenvalue weighted by Gasteiger charge is -2.21. The maximum absolute atomic E-state index is 11.8. The van der Waals surface area contributed by atoms with Crippen LogP contribution in [0.1, 0.15) is 18.6 Å². The maximum Gasteiger partial charge on any atom is 0.245 e. The number of hydrogen-bond donors (Lipinski definition) is 3. The van der Waals surface area contributed by atoms with E-state index in [4.69, 9.17) is 4.52 Å². The fraction of sp³-hybridized carbons (Fsp3) is 0.583. The highest BCUT2D eigenvalue weighted by molar-refractivity contribution is 5.94. The van der Waals surface area contributed by atoms with Crippen LogP contribution in [-0.2, 0) is 9.59 Å². The van der Waals surface area contributed by atoms with Crippen LogP contribution in [0.2, 0.25) is 0 Å². The number of hydrogen-bond acceptors (Lipinski definition) is 5. The van der Waals surface area contributed by atoms with Gasteiger partial charge in [0.1, 0.15) is 5.76 Å². The van der Waals surface area contributed by atoms with Crippen molar-refractivity contribution in [3.05, 3.63) is 11.8 Å². The third-order valence-corrected chi connectivity index (χ3v) is 3.03. The molecule has 0 saturated carbocycles. The van der Waals surface area contributed by atoms with E-state index in [-0.39, 0.29) is 24.3 Å². The van der Waals surface area contributed by atoms with Crippen LogP contribution in [-0.4, -0.2) is 36.6 Å². The standard InChI is InChI=1S/C12H18N4O3/c1-8-6-10(16-19-8)15-11(17)7-14-12(18)9-2-4-13-5-3-9/h6,9,13H,2-5,7H2,1H3,(H,14,18)(H,15,16,17). The summed E-state index contributed by atoms with van der Waals surface area (Å²) in [6.07, 6.45) is 1.63. The summed E-state index contributed by atoms with van der Waals surface area (Å²) in [6, 6.07) is 1.62. The van der Waals surface area contributed by atoms with Crippen molar-refractivity contribution in [1.29, 1.82) is 0 Å². The highest BCUT2D eigenvalue weighted by Gasteiger charge is 2.21. The number of rotatable bonds is 4. The van der Waals surface area contributed by atoms with Gasteiger partial charge in [-0.05, 0) is 32.9 Å². The zero-order valence-electron chi connectivity index (χ0n) is 10.9. The quantitative estimate of drug-likeness (QED) is 0.715. The molecule has 1 fully saturated rings. The van der Waals surface area contributed by atoms with Gasteiger partial charge >= 0.3 is 0 Å². The zero-order valence-corrected chi connectivity index (χ0v) is 10.9. The van der Waals surface area contributed by atoms with E-state index in [2.05, 4.69) is 21.1 Å². The van der Waals surface area contributed by atoms with Gasteiger partial charge < -0.3 is 20.5 Å². The number of carbonyl (C=O) groups is 2. The van der Waals surface area contributed by atoms with E-state index in [9.17, 15) is 9.59 Å². The van der Waals surface area contributed by atoms with Gasteiger partial charge in [-0.2, -0.15) is 0 Å². The molecule has 0 bridgehead atoms. The number of amides is 2. The minimum absolute atomic E-state index is 0.00310. The fourth-order valence-corrected chi connectivity index (χ4v) is 2.01. The average molecular weight is 266 g/mol. The van der Waals surface area contributed by atoms with Gasteiger partial charge in [0, 0.05) is 12.0 Å². The van der Waals surface area contributed by atoms with E-state index in [1.54, 1.807) is 13.0 Å². The molecule has 0 spiro atoms. The summed E-state index contributed by atoms with van der Waals surface area (Å²) in [4.78, 5) is 23.4. The molecule has 3 N–H and O–H groups in total. The predicted octanol–water partition coefficient (Wildman–Crippen LogP) is 0.0373. The Morgan fingerprint density at radius 3 is 2.84 bits per heavy atom. The largest absolute Gasteiger partial charge is 0.360 e. The number of carbonyl (C=O) groups excluding carboxylic acids is 2. The third kappa shape index (κ3) is 4.06. The van der Waals surface area contributed by atoms with E-state index >= 15 is 0 Å². The number of aryl methyl sites for hydroxylation is 1. The first-order chi connectivity index (χ1) is 9.15. The molecular formula is C12H18N4O3. The van der Waals surface area contributed by atoms with Crippen LogP contribution >= 0.6 is 0 Å². The lowest BCUT2D eigenvalue weighted by molar-refractivity contribution is -0.127. The minimum atomic E-state index is -0.310. The Hall–Kier alpha value is -1.89. The normalized spacial score (nSPS) is 16.1. The Kier molecular flexibility index (Phi) is 4.51. The van der Waals surface area contributed by atoms with Crippen molar-refractivity contribution < 1.29 is 14.1 Å². The van der Waals surface area contributed by atoms with Crippen molar-refractivity contribution in [2.75, 3.05) is 25.0 Å². The van der Waals surface area contributed by atoms with E-state index in [1.807, 2.05) is 0 Å². The molecule has 7 heteroatoms. The second-order valence-electron chi connectivity index (χ2n) is 4.61. The van der Waals surface area contributed by atoms with Crippen LogP contribution in [0.25, 0.3) is 0 Å². The topological polar surface area (TPSA) is 96.3 Å². The molecule has 104 valence electrons. The number of nitrogens with one attached hydrogen (secondary N) is 3. The molecule has 19 heavy (non-hydrogen) atoms. The summed E-state index contributed by atoms with van der Waals surface area (Å²) in [5, 5.41) is 12.0. The number of piperidine rings is 1. The molecule has 0 unspecified atom stereocenters. The first kappa shape index (κ1) is 13.5. The van der Waals surface area contributed by atoms with E-state index in [0.29, 0.717) is 11.6 Å². The lowest BCUT2D eigenvalue weighted by atomic mass is 9.97. The highest BCUT2D eigenvalue weighted by Crippen LogP contribution is 2.11. The van der Waals surface area contributed by atoms with E-state index in [0.717, 1.165) is 25.9 Å². The van der Waals surface area contributed by atoms with Crippen molar-refractivity contribution in [2.24, 2.45) is 5.92 Å². The highest BCUT2D eigenvalue weighted by atomic mass is 16.5. The zero-order chi connectivity index (χ0) is 13.7. The van der Waals surface area contributed by atoms with Crippen molar-refractivity contribution >= 4 is 17.6 Å². The predicted molar refractivity (Wildman–Crippen MR) is 68.5 cm³/mol. The van der Waals surface area contributed by atoms with Gasteiger partial charge in [-0.3, -0.25) is 9.59 Å². The minimum Gasteiger partial charge on any atom is -0.360 e. The van der Waals surface area contributed by atoms with Gasteiger partial charge in [0.15, 0.2) is 5.82 Å². The molecule has 2 rings (SSSR count). The van der Waals surface area contributed by atoms with E-state index in [1.165, 1.54) is 0 Å². The van der Waals surface area contributed by atoms with Crippen LogP contribution in [0, 0.1) is 12.8 Å². The number of aromatic nitrogens is 1. The van der Waals surface area contributed by atoms with Crippen LogP contribution in [0.15, 0.2) is 10.6 Å². The van der Waals surface area contributed by atoms with Crippen LogP contribution in [0.3, 0.4) is 0 Å². The third-order valence-electron chi connectivity index (χ3n) is 3.03. The Morgan fingerprint density at radius 1 is 1.47 bits per heavy atom. The average Bonchev–Trinajstić information content (AvgIpc) is 2.82. The molecular weight excluding hydrogens is 248 g/mol. The van der Waals surface area contributed by atoms with E-state index < -0.39 is 0 Å². The molecule has 0 aromatic carbocycles. The lowest BCUT2D eigenvalue weighted by Crippen LogP contribution is -2.41. The molecule has 0 aliphatic carbocycles. The first-order valence-corrected chi connectivity index (χ1v) is 6.37. The molecule has 2 amide bonds. The Labute approximate surface area is 111 Å². The Bertz CT molecular complexity index is 452. The molecule has 1 aliphatic rings. The summed E-state index contributed by atoms with van der Waals surface area (Å²) in [5.74, 6) is 0.611. The second-order valence-corrected chi connectivity index (χ2v) is 4.61. The summed E-state index contributed by atoms with van der Waals surface area (Å²) >= 11 is 0. The monoisotopic (exact) mass is 266 g/mol. The van der Waals surface area contributed by atoms with Gasteiger partial charge in [-0.25, -0.2) is 0 Å².